The zero-order valence-electron chi connectivity index (χ0n) is 2.15. The molecule has 0 rings (SSSR count). The van der Waals surface area contributed by atoms with Crippen LogP contribution >= 0.6 is 27.9 Å². The minimum Gasteiger partial charge on any atom is -0.198 e. The molecule has 0 aromatic carbocycles. The van der Waals surface area contributed by atoms with E-state index >= 15 is 0 Å². The number of rotatable bonds is 0. The highest BCUT2D eigenvalue weighted by Crippen LogP contribution is 2.44. The van der Waals surface area contributed by atoms with Crippen LogP contribution in [0.2, 0.25) is 0 Å². The second-order valence-electron chi connectivity index (χ2n) is 0.333. The molecule has 0 bridgehead atoms. The summed E-state index contributed by atoms with van der Waals surface area (Å²) in [6.45, 7) is 0. The van der Waals surface area contributed by atoms with E-state index in [-0.39, 0.29) is 0 Å². The lowest BCUT2D eigenvalue weighted by Gasteiger charge is -1.66. The standard InChI is InChI=1S/CFINP/c2-5(3)1-4. The van der Waals surface area contributed by atoms with Crippen molar-refractivity contribution in [1.29, 1.82) is 5.26 Å². The van der Waals surface area contributed by atoms with Crippen molar-refractivity contribution in [1.82, 2.24) is 0 Å². The lowest BCUT2D eigenvalue weighted by atomic mass is 11.8. The molecule has 0 aliphatic carbocycles. The maximum absolute atomic E-state index is 11.1. The first-order chi connectivity index (χ1) is 2.27. The van der Waals surface area contributed by atoms with Gasteiger partial charge in [-0.25, -0.2) is 0 Å². The summed E-state index contributed by atoms with van der Waals surface area (Å²) in [4.78, 5) is 0. The minimum absolute atomic E-state index is 1.41. The summed E-state index contributed by atoms with van der Waals surface area (Å²) in [5.41, 5.74) is 0. The first-order valence-electron chi connectivity index (χ1n) is 0.785. The third kappa shape index (κ3) is 4.58. The SMILES string of the molecule is N#CP(F)I. The quantitative estimate of drug-likeness (QED) is 0.437. The van der Waals surface area contributed by atoms with Crippen molar-refractivity contribution in [3.63, 3.8) is 0 Å². The van der Waals surface area contributed by atoms with Crippen molar-refractivity contribution in [2.24, 2.45) is 0 Å². The van der Waals surface area contributed by atoms with Crippen molar-refractivity contribution >= 4 is 27.9 Å². The van der Waals surface area contributed by atoms with E-state index in [1.807, 2.05) is 0 Å². The van der Waals surface area contributed by atoms with E-state index in [1.165, 1.54) is 27.9 Å². The molecule has 1 unspecified atom stereocenters. The molecular formula is CFINP. The monoisotopic (exact) mass is 203 g/mol. The number of nitrogens with zero attached hydrogens (tertiary/aromatic N) is 1. The summed E-state index contributed by atoms with van der Waals surface area (Å²) in [6.07, 6.45) is 0. The molecule has 0 heterocycles. The van der Waals surface area contributed by atoms with Gasteiger partial charge in [0.05, 0.1) is 0 Å². The number of nitriles is 1. The maximum Gasteiger partial charge on any atom is 0.251 e. The van der Waals surface area contributed by atoms with Crippen molar-refractivity contribution < 1.29 is 4.20 Å². The molecule has 0 radical (unpaired) electrons. The van der Waals surface area contributed by atoms with Gasteiger partial charge in [0.25, 0.3) is 5.87 Å². The van der Waals surface area contributed by atoms with Crippen LogP contribution in [0, 0.1) is 11.1 Å². The third-order valence-corrected chi connectivity index (χ3v) is 0.874. The van der Waals surface area contributed by atoms with Gasteiger partial charge < -0.3 is 0 Å². The largest absolute Gasteiger partial charge is 0.251 e. The van der Waals surface area contributed by atoms with Crippen LogP contribution in [0.5, 0.6) is 0 Å². The first kappa shape index (κ1) is 5.58. The number of hydrogen-bond donors (Lipinski definition) is 0. The van der Waals surface area contributed by atoms with Crippen LogP contribution in [-0.4, -0.2) is 0 Å². The summed E-state index contributed by atoms with van der Waals surface area (Å²) in [5, 5.41) is 7.54. The Balaban J connectivity index is 2.94. The van der Waals surface area contributed by atoms with Crippen LogP contribution in [0.25, 0.3) is 0 Å². The van der Waals surface area contributed by atoms with Gasteiger partial charge in [0.1, 0.15) is 5.81 Å². The lowest BCUT2D eigenvalue weighted by molar-refractivity contribution is 0.927. The zero-order chi connectivity index (χ0) is 4.28. The van der Waals surface area contributed by atoms with Gasteiger partial charge in [-0.05, 0) is 0 Å². The molecule has 0 N–H and O–H groups in total. The van der Waals surface area contributed by atoms with E-state index in [2.05, 4.69) is 0 Å². The molecule has 0 saturated heterocycles. The number of hydrogen-bond acceptors (Lipinski definition) is 1. The smallest absolute Gasteiger partial charge is 0.198 e. The van der Waals surface area contributed by atoms with Gasteiger partial charge in [-0.3, -0.25) is 0 Å². The normalized spacial score (nSPS) is 13.0. The van der Waals surface area contributed by atoms with Crippen molar-refractivity contribution in [2.45, 2.75) is 0 Å². The Hall–Kier alpha value is 0.580. The van der Waals surface area contributed by atoms with Gasteiger partial charge in [-0.2, -0.15) is 9.46 Å². The predicted molar refractivity (Wildman–Crippen MR) is 27.7 cm³/mol. The molecule has 1 nitrogen and oxygen atoms in total. The second kappa shape index (κ2) is 2.80. The molecule has 4 heteroatoms. The fourth-order valence-electron chi connectivity index (χ4n) is 0. The summed E-state index contributed by atoms with van der Waals surface area (Å²) in [6, 6.07) is 0. The van der Waals surface area contributed by atoms with Gasteiger partial charge in [-0.15, -0.1) is 0 Å². The highest BCUT2D eigenvalue weighted by Gasteiger charge is 1.89. The van der Waals surface area contributed by atoms with Gasteiger partial charge in [0.15, 0.2) is 0 Å². The molecule has 0 amide bonds. The minimum atomic E-state index is -1.82. The van der Waals surface area contributed by atoms with Crippen molar-refractivity contribution in [3.8, 4) is 5.81 Å². The molecule has 0 fully saturated rings. The van der Waals surface area contributed by atoms with Crippen LogP contribution in [-0.2, 0) is 0 Å². The first-order valence-corrected chi connectivity index (χ1v) is 4.80. The van der Waals surface area contributed by atoms with Crippen molar-refractivity contribution in [2.75, 3.05) is 0 Å². The molecule has 0 aromatic heterocycles. The van der Waals surface area contributed by atoms with Crippen LogP contribution < -0.4 is 0 Å². The molecule has 0 saturated carbocycles. The van der Waals surface area contributed by atoms with E-state index in [4.69, 9.17) is 5.26 Å². The lowest BCUT2D eigenvalue weighted by Crippen LogP contribution is -1.24. The van der Waals surface area contributed by atoms with Gasteiger partial charge in [0, 0.05) is 22.0 Å². The zero-order valence-corrected chi connectivity index (χ0v) is 5.20. The van der Waals surface area contributed by atoms with E-state index < -0.39 is 5.87 Å². The molecule has 0 spiro atoms. The molecule has 28 valence electrons. The average Bonchev–Trinajstić information content (AvgIpc) is 1.38. The maximum atomic E-state index is 11.1. The Morgan fingerprint density at radius 3 is 2.20 bits per heavy atom. The van der Waals surface area contributed by atoms with Crippen molar-refractivity contribution in [3.05, 3.63) is 0 Å². The molecule has 1 atom stereocenters. The molecule has 5 heavy (non-hydrogen) atoms. The topological polar surface area (TPSA) is 23.8 Å². The van der Waals surface area contributed by atoms with Crippen LogP contribution in [0.15, 0.2) is 0 Å². The molecular weight excluding hydrogens is 203 g/mol. The number of halogens is 2. The molecule has 0 aromatic rings. The second-order valence-corrected chi connectivity index (χ2v) is 3.54. The molecule has 0 aliphatic heterocycles. The molecule has 0 aliphatic rings. The Morgan fingerprint density at radius 1 is 2.00 bits per heavy atom. The van der Waals surface area contributed by atoms with Gasteiger partial charge in [-0.1, -0.05) is 0 Å². The van der Waals surface area contributed by atoms with Crippen LogP contribution in [0.4, 0.5) is 4.20 Å². The summed E-state index contributed by atoms with van der Waals surface area (Å²) >= 11 is 1.44. The van der Waals surface area contributed by atoms with E-state index in [1.54, 1.807) is 0 Å². The van der Waals surface area contributed by atoms with E-state index in [9.17, 15) is 4.20 Å². The summed E-state index contributed by atoms with van der Waals surface area (Å²) in [7, 11) is 0. The van der Waals surface area contributed by atoms with E-state index in [0.29, 0.717) is 0 Å². The van der Waals surface area contributed by atoms with Crippen LogP contribution in [0.3, 0.4) is 0 Å². The summed E-state index contributed by atoms with van der Waals surface area (Å²) in [5.74, 6) is -0.410. The van der Waals surface area contributed by atoms with Gasteiger partial charge >= 0.3 is 0 Å². The summed E-state index contributed by atoms with van der Waals surface area (Å²) < 4.78 is 11.1. The Labute approximate surface area is 43.5 Å². The Morgan fingerprint density at radius 2 is 2.20 bits per heavy atom. The average molecular weight is 203 g/mol. The third-order valence-electron chi connectivity index (χ3n) is 0.0756. The highest BCUT2D eigenvalue weighted by molar-refractivity contribution is 14.2. The Bertz CT molecular complexity index is 57.2. The highest BCUT2D eigenvalue weighted by atomic mass is 127. The fraction of sp³-hybridized carbons (Fsp3) is 0. The predicted octanol–water partition coefficient (Wildman–Crippen LogP) is 2.18. The Kier molecular flexibility index (Phi) is 3.12. The van der Waals surface area contributed by atoms with E-state index in [0.717, 1.165) is 0 Å². The van der Waals surface area contributed by atoms with Crippen LogP contribution in [0.1, 0.15) is 0 Å². The fourth-order valence-corrected chi connectivity index (χ4v) is 0. The van der Waals surface area contributed by atoms with Gasteiger partial charge in [0.2, 0.25) is 0 Å².